The molecule has 0 amide bonds. The zero-order valence-electron chi connectivity index (χ0n) is 18.2. The number of hydrogen-bond donors (Lipinski definition) is 2. The lowest BCUT2D eigenvalue weighted by Crippen LogP contribution is -2.35. The van der Waals surface area contributed by atoms with Gasteiger partial charge in [-0.1, -0.05) is 42.8 Å². The monoisotopic (exact) mass is 431 g/mol. The van der Waals surface area contributed by atoms with Crippen LogP contribution in [0.3, 0.4) is 0 Å². The van der Waals surface area contributed by atoms with Crippen molar-refractivity contribution >= 4 is 28.1 Å². The Morgan fingerprint density at radius 2 is 1.97 bits per heavy atom. The number of nitrogens with zero attached hydrogens (tertiary/aromatic N) is 3. The molecule has 1 aliphatic rings. The lowest BCUT2D eigenvalue weighted by atomic mass is 10.0. The fourth-order valence-corrected chi connectivity index (χ4v) is 5.70. The summed E-state index contributed by atoms with van der Waals surface area (Å²) in [7, 11) is 0. The summed E-state index contributed by atoms with van der Waals surface area (Å²) in [4.78, 5) is 2.63. The molecule has 0 aliphatic carbocycles. The summed E-state index contributed by atoms with van der Waals surface area (Å²) >= 11 is 1.87. The Kier molecular flexibility index (Phi) is 5.74. The third-order valence-electron chi connectivity index (χ3n) is 6.08. The number of aryl methyl sites for hydroxylation is 1. The molecular weight excluding hydrogens is 402 g/mol. The molecule has 2 aromatic carbocycles. The van der Waals surface area contributed by atoms with Crippen LogP contribution in [0.25, 0.3) is 27.2 Å². The maximum absolute atomic E-state index is 4.57. The highest BCUT2D eigenvalue weighted by atomic mass is 32.1. The van der Waals surface area contributed by atoms with Gasteiger partial charge in [0.05, 0.1) is 16.1 Å². The highest BCUT2D eigenvalue weighted by Gasteiger charge is 2.21. The second kappa shape index (κ2) is 8.81. The number of piperidine rings is 1. The maximum atomic E-state index is 4.57. The van der Waals surface area contributed by atoms with Gasteiger partial charge in [-0.15, -0.1) is 16.4 Å². The van der Waals surface area contributed by atoms with E-state index in [1.807, 2.05) is 28.2 Å². The van der Waals surface area contributed by atoms with E-state index in [1.165, 1.54) is 45.1 Å². The predicted molar refractivity (Wildman–Crippen MR) is 130 cm³/mol. The highest BCUT2D eigenvalue weighted by Crippen LogP contribution is 2.41. The van der Waals surface area contributed by atoms with E-state index in [2.05, 4.69) is 71.2 Å². The van der Waals surface area contributed by atoms with Crippen molar-refractivity contribution in [2.24, 2.45) is 0 Å². The molecule has 160 valence electrons. The smallest absolute Gasteiger partial charge is 0.113 e. The molecule has 0 radical (unpaired) electrons. The van der Waals surface area contributed by atoms with Crippen molar-refractivity contribution in [2.45, 2.75) is 45.6 Å². The molecule has 0 bridgehead atoms. The van der Waals surface area contributed by atoms with E-state index in [0.29, 0.717) is 6.04 Å². The average Bonchev–Trinajstić information content (AvgIpc) is 3.36. The van der Waals surface area contributed by atoms with E-state index in [0.717, 1.165) is 37.0 Å². The maximum Gasteiger partial charge on any atom is 0.113 e. The van der Waals surface area contributed by atoms with E-state index in [9.17, 15) is 0 Å². The molecule has 0 atom stereocenters. The number of para-hydroxylation sites is 1. The van der Waals surface area contributed by atoms with Crippen molar-refractivity contribution in [3.63, 3.8) is 0 Å². The van der Waals surface area contributed by atoms with Gasteiger partial charge in [-0.25, -0.2) is 4.68 Å². The minimum atomic E-state index is 0.538. The molecule has 4 aromatic rings. The Hall–Kier alpha value is -2.70. The SMILES string of the molecule is CCCc1c(C)sc(-c2cccc(NC3CCNCC3)c2)c1-n1nnc2ccccc21. The van der Waals surface area contributed by atoms with E-state index in [-0.39, 0.29) is 0 Å². The van der Waals surface area contributed by atoms with E-state index in [1.54, 1.807) is 0 Å². The number of thiophene rings is 1. The Morgan fingerprint density at radius 1 is 1.13 bits per heavy atom. The van der Waals surface area contributed by atoms with Gasteiger partial charge < -0.3 is 10.6 Å². The van der Waals surface area contributed by atoms with Crippen LogP contribution in [0, 0.1) is 6.92 Å². The molecule has 31 heavy (non-hydrogen) atoms. The summed E-state index contributed by atoms with van der Waals surface area (Å²) in [6.07, 6.45) is 4.48. The van der Waals surface area contributed by atoms with Gasteiger partial charge in [0.15, 0.2) is 0 Å². The first-order valence-electron chi connectivity index (χ1n) is 11.3. The third-order valence-corrected chi connectivity index (χ3v) is 7.27. The summed E-state index contributed by atoms with van der Waals surface area (Å²) in [6.45, 7) is 6.65. The minimum absolute atomic E-state index is 0.538. The van der Waals surface area contributed by atoms with Crippen molar-refractivity contribution < 1.29 is 0 Å². The largest absolute Gasteiger partial charge is 0.382 e. The number of nitrogens with one attached hydrogen (secondary N) is 2. The van der Waals surface area contributed by atoms with Crippen molar-refractivity contribution in [3.05, 3.63) is 59.0 Å². The fourth-order valence-electron chi connectivity index (χ4n) is 4.52. The van der Waals surface area contributed by atoms with Crippen LogP contribution in [0.4, 0.5) is 5.69 Å². The summed E-state index contributed by atoms with van der Waals surface area (Å²) in [5, 5.41) is 16.2. The van der Waals surface area contributed by atoms with Crippen LogP contribution in [0.15, 0.2) is 48.5 Å². The van der Waals surface area contributed by atoms with Crippen LogP contribution in [0.1, 0.15) is 36.6 Å². The van der Waals surface area contributed by atoms with Crippen molar-refractivity contribution in [1.29, 1.82) is 0 Å². The molecular formula is C25H29N5S. The van der Waals surface area contributed by atoms with E-state index in [4.69, 9.17) is 0 Å². The second-order valence-electron chi connectivity index (χ2n) is 8.30. The zero-order valence-corrected chi connectivity index (χ0v) is 19.0. The van der Waals surface area contributed by atoms with E-state index < -0.39 is 0 Å². The number of aromatic nitrogens is 3. The Bertz CT molecular complexity index is 1190. The minimum Gasteiger partial charge on any atom is -0.382 e. The molecule has 2 N–H and O–H groups in total. The molecule has 5 nitrogen and oxygen atoms in total. The number of benzene rings is 2. The zero-order chi connectivity index (χ0) is 21.2. The van der Waals surface area contributed by atoms with Crippen LogP contribution in [-0.4, -0.2) is 34.1 Å². The van der Waals surface area contributed by atoms with Crippen LogP contribution < -0.4 is 10.6 Å². The average molecular weight is 432 g/mol. The Balaban J connectivity index is 1.60. The van der Waals surface area contributed by atoms with Gasteiger partial charge in [0, 0.05) is 16.6 Å². The van der Waals surface area contributed by atoms with Crippen LogP contribution >= 0.6 is 11.3 Å². The Labute approximate surface area is 187 Å². The van der Waals surface area contributed by atoms with Gasteiger partial charge >= 0.3 is 0 Å². The number of hydrogen-bond acceptors (Lipinski definition) is 5. The van der Waals surface area contributed by atoms with Crippen molar-refractivity contribution in [1.82, 2.24) is 20.3 Å². The molecule has 1 fully saturated rings. The first-order valence-corrected chi connectivity index (χ1v) is 12.1. The van der Waals surface area contributed by atoms with Gasteiger partial charge in [0.25, 0.3) is 0 Å². The van der Waals surface area contributed by atoms with Gasteiger partial charge in [-0.2, -0.15) is 0 Å². The molecule has 2 aromatic heterocycles. The van der Waals surface area contributed by atoms with Crippen LogP contribution in [0.5, 0.6) is 0 Å². The first kappa shape index (κ1) is 20.2. The van der Waals surface area contributed by atoms with Crippen LogP contribution in [-0.2, 0) is 6.42 Å². The summed E-state index contributed by atoms with van der Waals surface area (Å²) < 4.78 is 2.05. The number of anilines is 1. The summed E-state index contributed by atoms with van der Waals surface area (Å²) in [5.41, 5.74) is 7.00. The highest BCUT2D eigenvalue weighted by molar-refractivity contribution is 7.16. The van der Waals surface area contributed by atoms with Crippen molar-refractivity contribution in [2.75, 3.05) is 18.4 Å². The Morgan fingerprint density at radius 3 is 2.81 bits per heavy atom. The normalized spacial score (nSPS) is 14.9. The molecule has 0 unspecified atom stereocenters. The molecule has 1 saturated heterocycles. The fraction of sp³-hybridized carbons (Fsp3) is 0.360. The lowest BCUT2D eigenvalue weighted by molar-refractivity contribution is 0.479. The molecule has 3 heterocycles. The summed E-state index contributed by atoms with van der Waals surface area (Å²) in [5.74, 6) is 0. The number of fused-ring (bicyclic) bond motifs is 1. The molecule has 0 spiro atoms. The third kappa shape index (κ3) is 3.98. The molecule has 6 heteroatoms. The molecule has 1 aliphatic heterocycles. The van der Waals surface area contributed by atoms with Gasteiger partial charge in [-0.3, -0.25) is 0 Å². The number of rotatable bonds is 6. The topological polar surface area (TPSA) is 54.8 Å². The lowest BCUT2D eigenvalue weighted by Gasteiger charge is -2.25. The van der Waals surface area contributed by atoms with Gasteiger partial charge in [0.1, 0.15) is 5.52 Å². The van der Waals surface area contributed by atoms with Gasteiger partial charge in [0.2, 0.25) is 0 Å². The molecule has 0 saturated carbocycles. The second-order valence-corrected chi connectivity index (χ2v) is 9.53. The molecule has 5 rings (SSSR count). The van der Waals surface area contributed by atoms with Crippen LogP contribution in [0.2, 0.25) is 0 Å². The van der Waals surface area contributed by atoms with E-state index >= 15 is 0 Å². The van der Waals surface area contributed by atoms with Gasteiger partial charge in [-0.05, 0) is 74.7 Å². The predicted octanol–water partition coefficient (Wildman–Crippen LogP) is 5.57. The van der Waals surface area contributed by atoms with Crippen molar-refractivity contribution in [3.8, 4) is 16.1 Å². The summed E-state index contributed by atoms with van der Waals surface area (Å²) in [6, 6.07) is 17.6. The quantitative estimate of drug-likeness (QED) is 0.419. The standard InChI is InChI=1S/C25H29N5S/c1-3-7-21-17(2)31-25(24(21)30-23-11-5-4-10-22(23)28-29-30)18-8-6-9-20(16-18)27-19-12-14-26-15-13-19/h4-6,8-11,16,19,26-27H,3,7,12-15H2,1-2H3. The first-order chi connectivity index (χ1) is 15.2.